The summed E-state index contributed by atoms with van der Waals surface area (Å²) in [5.41, 5.74) is 10.1. The van der Waals surface area contributed by atoms with Crippen LogP contribution in [0.4, 0.5) is 5.82 Å². The number of nitrogens with one attached hydrogen (secondary N) is 1. The number of thiophene rings is 1. The minimum absolute atomic E-state index is 0.165. The number of ether oxygens (including phenoxy) is 1. The SMILES string of the molecule is Nc1ncc(/C=C/C(=O)NCCc2ccccn2)c2scc(-c3ccc(Oc4ccccc4)cc3)c12. The van der Waals surface area contributed by atoms with Crippen molar-refractivity contribution in [1.82, 2.24) is 15.3 Å². The molecule has 178 valence electrons. The van der Waals surface area contributed by atoms with Gasteiger partial charge in [-0.15, -0.1) is 11.3 Å². The molecule has 0 radical (unpaired) electrons. The maximum atomic E-state index is 12.3. The highest BCUT2D eigenvalue weighted by molar-refractivity contribution is 7.18. The number of nitrogens with two attached hydrogens (primary N) is 1. The number of anilines is 1. The zero-order valence-electron chi connectivity index (χ0n) is 19.4. The Labute approximate surface area is 213 Å². The number of nitrogen functional groups attached to an aromatic ring is 1. The summed E-state index contributed by atoms with van der Waals surface area (Å²) in [6.07, 6.45) is 7.44. The quantitative estimate of drug-likeness (QED) is 0.255. The molecule has 0 atom stereocenters. The highest BCUT2D eigenvalue weighted by Crippen LogP contribution is 2.39. The lowest BCUT2D eigenvalue weighted by Gasteiger charge is -2.07. The van der Waals surface area contributed by atoms with Crippen LogP contribution in [0.2, 0.25) is 0 Å². The molecule has 0 spiro atoms. The van der Waals surface area contributed by atoms with Gasteiger partial charge in [-0.05, 0) is 53.4 Å². The van der Waals surface area contributed by atoms with Gasteiger partial charge >= 0.3 is 0 Å². The van der Waals surface area contributed by atoms with E-state index in [9.17, 15) is 4.79 Å². The second kappa shape index (κ2) is 10.8. The number of aromatic nitrogens is 2. The normalized spacial score (nSPS) is 11.1. The second-order valence-corrected chi connectivity index (χ2v) is 8.97. The first kappa shape index (κ1) is 23.3. The molecule has 0 saturated carbocycles. The van der Waals surface area contributed by atoms with E-state index < -0.39 is 0 Å². The second-order valence-electron chi connectivity index (χ2n) is 8.09. The van der Waals surface area contributed by atoms with Gasteiger partial charge in [0.2, 0.25) is 5.91 Å². The molecule has 0 aliphatic rings. The van der Waals surface area contributed by atoms with Gasteiger partial charge in [0.25, 0.3) is 0 Å². The van der Waals surface area contributed by atoms with Crippen molar-refractivity contribution in [1.29, 1.82) is 0 Å². The van der Waals surface area contributed by atoms with Crippen LogP contribution in [0.3, 0.4) is 0 Å². The van der Waals surface area contributed by atoms with E-state index >= 15 is 0 Å². The molecular formula is C29H24N4O2S. The first-order valence-electron chi connectivity index (χ1n) is 11.5. The zero-order chi connectivity index (χ0) is 24.7. The molecule has 0 aliphatic carbocycles. The zero-order valence-corrected chi connectivity index (χ0v) is 20.2. The van der Waals surface area contributed by atoms with Crippen LogP contribution in [0.15, 0.2) is 96.6 Å². The number of carbonyl (C=O) groups is 1. The third-order valence-corrected chi connectivity index (χ3v) is 6.65. The van der Waals surface area contributed by atoms with Crippen LogP contribution < -0.4 is 15.8 Å². The lowest BCUT2D eigenvalue weighted by molar-refractivity contribution is -0.116. The molecule has 0 saturated heterocycles. The number of hydrogen-bond donors (Lipinski definition) is 2. The molecule has 3 heterocycles. The van der Waals surface area contributed by atoms with E-state index in [0.717, 1.165) is 44.0 Å². The summed E-state index contributed by atoms with van der Waals surface area (Å²) in [6, 6.07) is 23.3. The van der Waals surface area contributed by atoms with Crippen molar-refractivity contribution >= 4 is 39.2 Å². The fourth-order valence-corrected chi connectivity index (χ4v) is 4.91. The van der Waals surface area contributed by atoms with E-state index in [1.165, 1.54) is 6.08 Å². The number of amides is 1. The van der Waals surface area contributed by atoms with Crippen LogP contribution in [-0.2, 0) is 11.2 Å². The Morgan fingerprint density at radius 3 is 2.53 bits per heavy atom. The Hall–Kier alpha value is -4.49. The van der Waals surface area contributed by atoms with Crippen molar-refractivity contribution in [2.45, 2.75) is 6.42 Å². The van der Waals surface area contributed by atoms with E-state index in [1.807, 2.05) is 72.8 Å². The standard InChI is InChI=1S/C29H24N4O2S/c30-29-27-25(20-9-12-24(13-10-20)35-23-7-2-1-3-8-23)19-36-28(27)21(18-33-29)11-14-26(34)32-17-15-22-6-4-5-16-31-22/h1-14,16,18-19H,15,17H2,(H2,30,33)(H,32,34)/b14-11+. The first-order chi connectivity index (χ1) is 17.7. The molecule has 6 nitrogen and oxygen atoms in total. The van der Waals surface area contributed by atoms with Gasteiger partial charge in [-0.1, -0.05) is 36.4 Å². The van der Waals surface area contributed by atoms with Crippen molar-refractivity contribution in [2.24, 2.45) is 0 Å². The predicted molar refractivity (Wildman–Crippen MR) is 146 cm³/mol. The molecule has 3 N–H and O–H groups in total. The van der Waals surface area contributed by atoms with E-state index in [-0.39, 0.29) is 5.91 Å². The number of pyridine rings is 2. The number of rotatable bonds is 8. The van der Waals surface area contributed by atoms with E-state index in [0.29, 0.717) is 18.8 Å². The van der Waals surface area contributed by atoms with Crippen molar-refractivity contribution in [2.75, 3.05) is 12.3 Å². The first-order valence-corrected chi connectivity index (χ1v) is 12.4. The van der Waals surface area contributed by atoms with E-state index in [2.05, 4.69) is 20.7 Å². The summed E-state index contributed by atoms with van der Waals surface area (Å²) in [7, 11) is 0. The monoisotopic (exact) mass is 492 g/mol. The average Bonchev–Trinajstić information content (AvgIpc) is 3.36. The smallest absolute Gasteiger partial charge is 0.244 e. The van der Waals surface area contributed by atoms with Crippen LogP contribution >= 0.6 is 11.3 Å². The van der Waals surface area contributed by atoms with E-state index in [1.54, 1.807) is 29.8 Å². The fourth-order valence-electron chi connectivity index (χ4n) is 3.83. The van der Waals surface area contributed by atoms with Crippen molar-refractivity contribution in [3.05, 3.63) is 108 Å². The molecule has 0 unspecified atom stereocenters. The maximum absolute atomic E-state index is 12.3. The molecule has 1 amide bonds. The van der Waals surface area contributed by atoms with Gasteiger partial charge < -0.3 is 15.8 Å². The molecular weight excluding hydrogens is 468 g/mol. The van der Waals surface area contributed by atoms with Crippen molar-refractivity contribution in [3.8, 4) is 22.6 Å². The lowest BCUT2D eigenvalue weighted by atomic mass is 10.0. The molecule has 5 aromatic rings. The van der Waals surface area contributed by atoms with Gasteiger partial charge in [0.05, 0.1) is 0 Å². The Balaban J connectivity index is 1.30. The average molecular weight is 493 g/mol. The highest BCUT2D eigenvalue weighted by atomic mass is 32.1. The Morgan fingerprint density at radius 2 is 1.75 bits per heavy atom. The number of nitrogens with zero attached hydrogens (tertiary/aromatic N) is 2. The van der Waals surface area contributed by atoms with Crippen LogP contribution in [0, 0.1) is 0 Å². The minimum Gasteiger partial charge on any atom is -0.457 e. The van der Waals surface area contributed by atoms with Gasteiger partial charge in [0, 0.05) is 58.3 Å². The number of para-hydroxylation sites is 1. The Bertz CT molecular complexity index is 1500. The summed E-state index contributed by atoms with van der Waals surface area (Å²) < 4.78 is 6.89. The Morgan fingerprint density at radius 1 is 0.972 bits per heavy atom. The van der Waals surface area contributed by atoms with Gasteiger partial charge in [0.1, 0.15) is 17.3 Å². The number of benzene rings is 2. The molecule has 2 aromatic carbocycles. The van der Waals surface area contributed by atoms with Gasteiger partial charge in [0.15, 0.2) is 0 Å². The lowest BCUT2D eigenvalue weighted by Crippen LogP contribution is -2.23. The third-order valence-electron chi connectivity index (χ3n) is 5.62. The van der Waals surface area contributed by atoms with Gasteiger partial charge in [-0.2, -0.15) is 0 Å². The Kier molecular flexibility index (Phi) is 7.00. The van der Waals surface area contributed by atoms with Gasteiger partial charge in [-0.25, -0.2) is 4.98 Å². The molecule has 5 rings (SSSR count). The topological polar surface area (TPSA) is 90.1 Å². The summed E-state index contributed by atoms with van der Waals surface area (Å²) in [5, 5.41) is 5.85. The molecule has 3 aromatic heterocycles. The number of carbonyl (C=O) groups excluding carboxylic acids is 1. The van der Waals surface area contributed by atoms with Crippen LogP contribution in [0.5, 0.6) is 11.5 Å². The molecule has 0 fully saturated rings. The number of fused-ring (bicyclic) bond motifs is 1. The maximum Gasteiger partial charge on any atom is 0.244 e. The van der Waals surface area contributed by atoms with Crippen LogP contribution in [0.25, 0.3) is 27.3 Å². The van der Waals surface area contributed by atoms with Crippen molar-refractivity contribution in [3.63, 3.8) is 0 Å². The largest absolute Gasteiger partial charge is 0.457 e. The highest BCUT2D eigenvalue weighted by Gasteiger charge is 2.13. The molecule has 7 heteroatoms. The molecule has 0 bridgehead atoms. The fraction of sp³-hybridized carbons (Fsp3) is 0.0690. The predicted octanol–water partition coefficient (Wildman–Crippen LogP) is 6.10. The third kappa shape index (κ3) is 5.42. The van der Waals surface area contributed by atoms with Crippen LogP contribution in [0.1, 0.15) is 11.3 Å². The van der Waals surface area contributed by atoms with Crippen LogP contribution in [-0.4, -0.2) is 22.4 Å². The summed E-state index contributed by atoms with van der Waals surface area (Å²) >= 11 is 1.58. The summed E-state index contributed by atoms with van der Waals surface area (Å²) in [4.78, 5) is 21.0. The number of hydrogen-bond acceptors (Lipinski definition) is 6. The molecule has 36 heavy (non-hydrogen) atoms. The van der Waals surface area contributed by atoms with E-state index in [4.69, 9.17) is 10.5 Å². The van der Waals surface area contributed by atoms with Gasteiger partial charge in [-0.3, -0.25) is 9.78 Å². The summed E-state index contributed by atoms with van der Waals surface area (Å²) in [5.74, 6) is 1.84. The van der Waals surface area contributed by atoms with Crippen molar-refractivity contribution < 1.29 is 9.53 Å². The minimum atomic E-state index is -0.165. The summed E-state index contributed by atoms with van der Waals surface area (Å²) in [6.45, 7) is 0.517. The molecule has 0 aliphatic heterocycles.